The van der Waals surface area contributed by atoms with Crippen molar-refractivity contribution in [3.8, 4) is 0 Å². The summed E-state index contributed by atoms with van der Waals surface area (Å²) in [5, 5.41) is 2.87. The van der Waals surface area contributed by atoms with Gasteiger partial charge in [-0.05, 0) is 35.4 Å². The standard InChI is InChI=1S/C17H19ClN2OS/c1-11(2)12-3-4-15(14-8-19-16(18)7-13(12)14)20-9-17(10-20)5-6-22(17)21/h3-4,7-8,11H,5-6,9-10H2,1-2H3. The minimum atomic E-state index is -0.631. The number of anilines is 1. The molecular weight excluding hydrogens is 316 g/mol. The third kappa shape index (κ3) is 2.00. The summed E-state index contributed by atoms with van der Waals surface area (Å²) in [4.78, 5) is 6.61. The predicted octanol–water partition coefficient (Wildman–Crippen LogP) is 3.72. The van der Waals surface area contributed by atoms with E-state index in [1.54, 1.807) is 0 Å². The molecule has 2 saturated heterocycles. The second kappa shape index (κ2) is 4.93. The second-order valence-electron chi connectivity index (χ2n) is 6.72. The number of aromatic nitrogens is 1. The highest BCUT2D eigenvalue weighted by atomic mass is 35.5. The third-order valence-corrected chi connectivity index (χ3v) is 7.23. The van der Waals surface area contributed by atoms with Crippen molar-refractivity contribution in [3.63, 3.8) is 0 Å². The number of fused-ring (bicyclic) bond motifs is 1. The van der Waals surface area contributed by atoms with Crippen molar-refractivity contribution in [2.45, 2.75) is 30.9 Å². The molecule has 22 heavy (non-hydrogen) atoms. The summed E-state index contributed by atoms with van der Waals surface area (Å²) in [7, 11) is -0.631. The molecule has 0 N–H and O–H groups in total. The average Bonchev–Trinajstić information content (AvgIpc) is 2.43. The molecule has 2 aromatic rings. The van der Waals surface area contributed by atoms with Crippen LogP contribution >= 0.6 is 11.6 Å². The van der Waals surface area contributed by atoms with E-state index in [0.29, 0.717) is 11.1 Å². The van der Waals surface area contributed by atoms with Crippen LogP contribution in [0.25, 0.3) is 10.8 Å². The molecule has 0 saturated carbocycles. The SMILES string of the molecule is CC(C)c1ccc(N2CC3(CCS3=O)C2)c2cnc(Cl)cc12. The van der Waals surface area contributed by atoms with Gasteiger partial charge in [0.05, 0.1) is 4.75 Å². The quantitative estimate of drug-likeness (QED) is 0.785. The summed E-state index contributed by atoms with van der Waals surface area (Å²) < 4.78 is 12.0. The fraction of sp³-hybridized carbons (Fsp3) is 0.471. The van der Waals surface area contributed by atoms with Crippen molar-refractivity contribution in [1.82, 2.24) is 4.98 Å². The van der Waals surface area contributed by atoms with Gasteiger partial charge in [-0.2, -0.15) is 0 Å². The van der Waals surface area contributed by atoms with Crippen LogP contribution in [0.5, 0.6) is 0 Å². The van der Waals surface area contributed by atoms with Gasteiger partial charge in [0.25, 0.3) is 0 Å². The Kier molecular flexibility index (Phi) is 3.24. The highest BCUT2D eigenvalue weighted by Crippen LogP contribution is 2.44. The van der Waals surface area contributed by atoms with Crippen LogP contribution in [0, 0.1) is 0 Å². The zero-order valence-corrected chi connectivity index (χ0v) is 14.4. The molecular formula is C17H19ClN2OS. The van der Waals surface area contributed by atoms with Crippen LogP contribution in [-0.2, 0) is 10.8 Å². The number of pyridine rings is 1. The van der Waals surface area contributed by atoms with E-state index in [2.05, 4.69) is 35.9 Å². The highest BCUT2D eigenvalue weighted by Gasteiger charge is 2.54. The van der Waals surface area contributed by atoms with Crippen LogP contribution in [0.15, 0.2) is 24.4 Å². The summed E-state index contributed by atoms with van der Waals surface area (Å²) in [6, 6.07) is 6.34. The van der Waals surface area contributed by atoms with Crippen LogP contribution in [0.3, 0.4) is 0 Å². The minimum absolute atomic E-state index is 0.0723. The van der Waals surface area contributed by atoms with Crippen LogP contribution in [0.1, 0.15) is 31.7 Å². The first-order chi connectivity index (χ1) is 10.5. The molecule has 4 rings (SSSR count). The maximum atomic E-state index is 11.9. The van der Waals surface area contributed by atoms with Crippen LogP contribution in [0.2, 0.25) is 5.15 Å². The van der Waals surface area contributed by atoms with Crippen molar-refractivity contribution in [3.05, 3.63) is 35.1 Å². The summed E-state index contributed by atoms with van der Waals surface area (Å²) in [5.74, 6) is 1.31. The Morgan fingerprint density at radius 2 is 2.09 bits per heavy atom. The Hall–Kier alpha value is -1.13. The molecule has 2 fully saturated rings. The third-order valence-electron chi connectivity index (χ3n) is 5.03. The van der Waals surface area contributed by atoms with Crippen LogP contribution in [-0.4, -0.2) is 32.8 Å². The average molecular weight is 335 g/mol. The van der Waals surface area contributed by atoms with E-state index >= 15 is 0 Å². The molecule has 5 heteroatoms. The van der Waals surface area contributed by atoms with Gasteiger partial charge in [0.15, 0.2) is 0 Å². The molecule has 3 nitrogen and oxygen atoms in total. The molecule has 2 aliphatic rings. The Balaban J connectivity index is 1.76. The first kappa shape index (κ1) is 14.5. The molecule has 0 radical (unpaired) electrons. The number of nitrogens with zero attached hydrogens (tertiary/aromatic N) is 2. The van der Waals surface area contributed by atoms with E-state index in [1.165, 1.54) is 16.6 Å². The van der Waals surface area contributed by atoms with Crippen molar-refractivity contribution in [2.75, 3.05) is 23.7 Å². The van der Waals surface area contributed by atoms with Gasteiger partial charge in [0, 0.05) is 46.9 Å². The summed E-state index contributed by atoms with van der Waals surface area (Å²) in [6.07, 6.45) is 2.98. The van der Waals surface area contributed by atoms with Gasteiger partial charge >= 0.3 is 0 Å². The lowest BCUT2D eigenvalue weighted by atomic mass is 9.91. The maximum Gasteiger partial charge on any atom is 0.129 e. The molecule has 1 aromatic carbocycles. The highest BCUT2D eigenvalue weighted by molar-refractivity contribution is 7.88. The minimum Gasteiger partial charge on any atom is -0.368 e. The van der Waals surface area contributed by atoms with E-state index in [1.807, 2.05) is 12.3 Å². The van der Waals surface area contributed by atoms with Crippen LogP contribution in [0.4, 0.5) is 5.69 Å². The van der Waals surface area contributed by atoms with Crippen molar-refractivity contribution < 1.29 is 4.21 Å². The number of halogens is 1. The monoisotopic (exact) mass is 334 g/mol. The molecule has 1 atom stereocenters. The number of rotatable bonds is 2. The fourth-order valence-corrected chi connectivity index (χ4v) is 5.30. The van der Waals surface area contributed by atoms with E-state index in [4.69, 9.17) is 11.6 Å². The molecule has 1 aromatic heterocycles. The molecule has 0 amide bonds. The van der Waals surface area contributed by atoms with Gasteiger partial charge < -0.3 is 4.90 Å². The topological polar surface area (TPSA) is 33.2 Å². The summed E-state index contributed by atoms with van der Waals surface area (Å²) in [5.41, 5.74) is 2.49. The molecule has 2 aliphatic heterocycles. The van der Waals surface area contributed by atoms with Crippen LogP contribution < -0.4 is 4.90 Å². The molecule has 116 valence electrons. The molecule has 3 heterocycles. The van der Waals surface area contributed by atoms with E-state index in [0.717, 1.165) is 30.6 Å². The Morgan fingerprint density at radius 3 is 2.68 bits per heavy atom. The van der Waals surface area contributed by atoms with E-state index < -0.39 is 10.8 Å². The number of hydrogen-bond donors (Lipinski definition) is 0. The molecule has 0 aliphatic carbocycles. The van der Waals surface area contributed by atoms with Gasteiger partial charge in [-0.15, -0.1) is 0 Å². The zero-order chi connectivity index (χ0) is 15.5. The van der Waals surface area contributed by atoms with E-state index in [-0.39, 0.29) is 4.75 Å². The first-order valence-electron chi connectivity index (χ1n) is 7.72. The second-order valence-corrected chi connectivity index (χ2v) is 9.07. The fourth-order valence-electron chi connectivity index (χ4n) is 3.60. The lowest BCUT2D eigenvalue weighted by Crippen LogP contribution is -2.69. The number of benzene rings is 1. The molecule has 1 unspecified atom stereocenters. The zero-order valence-electron chi connectivity index (χ0n) is 12.8. The Labute approximate surface area is 138 Å². The Morgan fingerprint density at radius 1 is 1.32 bits per heavy atom. The normalized spacial score (nSPS) is 22.9. The summed E-state index contributed by atoms with van der Waals surface area (Å²) >= 11 is 6.11. The van der Waals surface area contributed by atoms with E-state index in [9.17, 15) is 4.21 Å². The van der Waals surface area contributed by atoms with Gasteiger partial charge in [0.2, 0.25) is 0 Å². The van der Waals surface area contributed by atoms with Gasteiger partial charge in [0.1, 0.15) is 5.15 Å². The lowest BCUT2D eigenvalue weighted by Gasteiger charge is -2.55. The van der Waals surface area contributed by atoms with Gasteiger partial charge in [-0.1, -0.05) is 31.5 Å². The van der Waals surface area contributed by atoms with Gasteiger partial charge in [-0.3, -0.25) is 4.21 Å². The Bertz CT molecular complexity index is 784. The smallest absolute Gasteiger partial charge is 0.129 e. The lowest BCUT2D eigenvalue weighted by molar-refractivity contribution is 0.402. The maximum absolute atomic E-state index is 11.9. The number of hydrogen-bond acceptors (Lipinski definition) is 3. The predicted molar refractivity (Wildman–Crippen MR) is 93.4 cm³/mol. The van der Waals surface area contributed by atoms with Crippen molar-refractivity contribution in [2.24, 2.45) is 0 Å². The largest absolute Gasteiger partial charge is 0.368 e. The molecule has 0 bridgehead atoms. The summed E-state index contributed by atoms with van der Waals surface area (Å²) in [6.45, 7) is 6.19. The van der Waals surface area contributed by atoms with Gasteiger partial charge in [-0.25, -0.2) is 4.98 Å². The molecule has 1 spiro atoms. The van der Waals surface area contributed by atoms with Crippen molar-refractivity contribution in [1.29, 1.82) is 0 Å². The first-order valence-corrected chi connectivity index (χ1v) is 9.41. The van der Waals surface area contributed by atoms with Crippen molar-refractivity contribution >= 4 is 38.9 Å².